The second kappa shape index (κ2) is 7.55. The van der Waals surface area contributed by atoms with Gasteiger partial charge in [-0.3, -0.25) is 0 Å². The van der Waals surface area contributed by atoms with Gasteiger partial charge in [-0.2, -0.15) is 11.8 Å². The number of thioether (sulfide) groups is 1. The zero-order valence-electron chi connectivity index (χ0n) is 12.6. The number of amides is 2. The van der Waals surface area contributed by atoms with Crippen molar-refractivity contribution in [3.8, 4) is 0 Å². The standard InChI is InChI=1S/C15H24N2O2S/c1-11(2)12-7-5-6-8-13(12)17-14(18)16-9-15(3,19)10-20-4/h5-8,11,19H,9-10H2,1-4H3,(H2,16,17,18). The van der Waals surface area contributed by atoms with Crippen LogP contribution in [-0.2, 0) is 0 Å². The highest BCUT2D eigenvalue weighted by Crippen LogP contribution is 2.23. The van der Waals surface area contributed by atoms with Crippen LogP contribution in [0, 0.1) is 0 Å². The average Bonchev–Trinajstić information content (AvgIpc) is 2.37. The van der Waals surface area contributed by atoms with Gasteiger partial charge in [0.2, 0.25) is 0 Å². The molecule has 0 heterocycles. The Kier molecular flexibility index (Phi) is 6.36. The lowest BCUT2D eigenvalue weighted by Crippen LogP contribution is -2.44. The van der Waals surface area contributed by atoms with Crippen molar-refractivity contribution in [3.05, 3.63) is 29.8 Å². The number of para-hydroxylation sites is 1. The summed E-state index contributed by atoms with van der Waals surface area (Å²) in [6.45, 7) is 6.11. The summed E-state index contributed by atoms with van der Waals surface area (Å²) in [5.74, 6) is 0.918. The highest BCUT2D eigenvalue weighted by Gasteiger charge is 2.20. The van der Waals surface area contributed by atoms with Crippen molar-refractivity contribution >= 4 is 23.5 Å². The number of anilines is 1. The first-order chi connectivity index (χ1) is 9.35. The summed E-state index contributed by atoms with van der Waals surface area (Å²) in [7, 11) is 0. The molecule has 1 atom stereocenters. The molecule has 112 valence electrons. The monoisotopic (exact) mass is 296 g/mol. The minimum Gasteiger partial charge on any atom is -0.387 e. The molecule has 5 heteroatoms. The molecule has 0 fully saturated rings. The Labute approximate surface area is 125 Å². The van der Waals surface area contributed by atoms with Crippen LogP contribution < -0.4 is 10.6 Å². The molecule has 1 aromatic rings. The van der Waals surface area contributed by atoms with E-state index >= 15 is 0 Å². The Balaban J connectivity index is 2.59. The van der Waals surface area contributed by atoms with Crippen molar-refractivity contribution in [2.75, 3.05) is 23.9 Å². The molecule has 0 radical (unpaired) electrons. The van der Waals surface area contributed by atoms with Crippen molar-refractivity contribution in [1.29, 1.82) is 0 Å². The van der Waals surface area contributed by atoms with Crippen molar-refractivity contribution in [3.63, 3.8) is 0 Å². The van der Waals surface area contributed by atoms with E-state index < -0.39 is 5.60 Å². The molecule has 1 rings (SSSR count). The zero-order chi connectivity index (χ0) is 15.2. The third-order valence-electron chi connectivity index (χ3n) is 2.92. The molecule has 0 saturated heterocycles. The number of benzene rings is 1. The molecule has 2 amide bonds. The molecule has 0 saturated carbocycles. The maximum Gasteiger partial charge on any atom is 0.319 e. The SMILES string of the molecule is CSCC(C)(O)CNC(=O)Nc1ccccc1C(C)C. The molecular weight excluding hydrogens is 272 g/mol. The predicted octanol–water partition coefficient (Wildman–Crippen LogP) is 3.05. The van der Waals surface area contributed by atoms with Crippen LogP contribution >= 0.6 is 11.8 Å². The normalized spacial score (nSPS) is 13.9. The van der Waals surface area contributed by atoms with Crippen LogP contribution in [0.15, 0.2) is 24.3 Å². The van der Waals surface area contributed by atoms with Crippen LogP contribution in [-0.4, -0.2) is 35.3 Å². The van der Waals surface area contributed by atoms with E-state index in [1.54, 1.807) is 18.7 Å². The fourth-order valence-electron chi connectivity index (χ4n) is 1.91. The van der Waals surface area contributed by atoms with Crippen LogP contribution in [0.3, 0.4) is 0 Å². The van der Waals surface area contributed by atoms with E-state index in [1.807, 2.05) is 30.5 Å². The van der Waals surface area contributed by atoms with Crippen molar-refractivity contribution < 1.29 is 9.90 Å². The number of hydrogen-bond donors (Lipinski definition) is 3. The highest BCUT2D eigenvalue weighted by atomic mass is 32.2. The second-order valence-corrected chi connectivity index (χ2v) is 6.35. The van der Waals surface area contributed by atoms with Crippen molar-refractivity contribution in [1.82, 2.24) is 5.32 Å². The van der Waals surface area contributed by atoms with Gasteiger partial charge in [0.1, 0.15) is 0 Å². The number of urea groups is 1. The number of nitrogens with one attached hydrogen (secondary N) is 2. The largest absolute Gasteiger partial charge is 0.387 e. The third kappa shape index (κ3) is 5.43. The molecule has 1 unspecified atom stereocenters. The molecular formula is C15H24N2O2S. The minimum absolute atomic E-state index is 0.226. The third-order valence-corrected chi connectivity index (χ3v) is 3.83. The topological polar surface area (TPSA) is 61.4 Å². The molecule has 20 heavy (non-hydrogen) atoms. The average molecular weight is 296 g/mol. The Morgan fingerprint density at radius 1 is 1.40 bits per heavy atom. The van der Waals surface area contributed by atoms with E-state index in [4.69, 9.17) is 0 Å². The Morgan fingerprint density at radius 2 is 2.05 bits per heavy atom. The van der Waals surface area contributed by atoms with Gasteiger partial charge in [-0.1, -0.05) is 32.0 Å². The Morgan fingerprint density at radius 3 is 2.65 bits per heavy atom. The van der Waals surface area contributed by atoms with Crippen molar-refractivity contribution in [2.24, 2.45) is 0 Å². The van der Waals surface area contributed by atoms with Gasteiger partial charge in [-0.25, -0.2) is 4.79 Å². The molecule has 0 aromatic heterocycles. The molecule has 0 aliphatic carbocycles. The highest BCUT2D eigenvalue weighted by molar-refractivity contribution is 7.98. The van der Waals surface area contributed by atoms with E-state index in [9.17, 15) is 9.90 Å². The summed E-state index contributed by atoms with van der Waals surface area (Å²) in [4.78, 5) is 11.9. The summed E-state index contributed by atoms with van der Waals surface area (Å²) >= 11 is 1.55. The number of carbonyl (C=O) groups is 1. The van der Waals surface area contributed by atoms with Gasteiger partial charge in [0.15, 0.2) is 0 Å². The molecule has 0 aliphatic rings. The van der Waals surface area contributed by atoms with E-state index in [1.165, 1.54) is 0 Å². The van der Waals surface area contributed by atoms with E-state index in [2.05, 4.69) is 24.5 Å². The van der Waals surface area contributed by atoms with E-state index in [-0.39, 0.29) is 12.6 Å². The van der Waals surface area contributed by atoms with Gasteiger partial charge < -0.3 is 15.7 Å². The number of carbonyl (C=O) groups excluding carboxylic acids is 1. The van der Waals surface area contributed by atoms with Gasteiger partial charge in [0.05, 0.1) is 5.60 Å². The van der Waals surface area contributed by atoms with Crippen molar-refractivity contribution in [2.45, 2.75) is 32.3 Å². The molecule has 0 spiro atoms. The Bertz CT molecular complexity index is 447. The lowest BCUT2D eigenvalue weighted by molar-refractivity contribution is 0.0876. The van der Waals surface area contributed by atoms with Crippen LogP contribution in [0.5, 0.6) is 0 Å². The smallest absolute Gasteiger partial charge is 0.319 e. The predicted molar refractivity (Wildman–Crippen MR) is 86.6 cm³/mol. The fourth-order valence-corrected chi connectivity index (χ4v) is 2.64. The van der Waals surface area contributed by atoms with Crippen LogP contribution in [0.4, 0.5) is 10.5 Å². The summed E-state index contributed by atoms with van der Waals surface area (Å²) in [6, 6.07) is 7.45. The lowest BCUT2D eigenvalue weighted by Gasteiger charge is -2.23. The van der Waals surface area contributed by atoms with Gasteiger partial charge in [-0.15, -0.1) is 0 Å². The summed E-state index contributed by atoms with van der Waals surface area (Å²) in [6.07, 6.45) is 1.92. The molecule has 1 aromatic carbocycles. The van der Waals surface area contributed by atoms with Crippen LogP contribution in [0.2, 0.25) is 0 Å². The fraction of sp³-hybridized carbons (Fsp3) is 0.533. The first-order valence-corrected chi connectivity index (χ1v) is 8.10. The zero-order valence-corrected chi connectivity index (χ0v) is 13.4. The summed E-state index contributed by atoms with van der Waals surface area (Å²) in [5.41, 5.74) is 1.01. The molecule has 0 bridgehead atoms. The molecule has 3 N–H and O–H groups in total. The van der Waals surface area contributed by atoms with Gasteiger partial charge in [0.25, 0.3) is 0 Å². The second-order valence-electron chi connectivity index (χ2n) is 5.48. The quantitative estimate of drug-likeness (QED) is 0.756. The van der Waals surface area contributed by atoms with Gasteiger partial charge in [0, 0.05) is 18.0 Å². The minimum atomic E-state index is -0.895. The maximum absolute atomic E-state index is 11.9. The first kappa shape index (κ1) is 16.9. The Hall–Kier alpha value is -1.20. The first-order valence-electron chi connectivity index (χ1n) is 6.71. The van der Waals surface area contributed by atoms with Crippen LogP contribution in [0.1, 0.15) is 32.3 Å². The maximum atomic E-state index is 11.9. The number of rotatable bonds is 6. The summed E-state index contributed by atoms with van der Waals surface area (Å²) < 4.78 is 0. The van der Waals surface area contributed by atoms with Gasteiger partial charge >= 0.3 is 6.03 Å². The van der Waals surface area contributed by atoms with E-state index in [0.717, 1.165) is 11.3 Å². The number of hydrogen-bond acceptors (Lipinski definition) is 3. The molecule has 4 nitrogen and oxygen atoms in total. The van der Waals surface area contributed by atoms with Gasteiger partial charge in [-0.05, 0) is 30.7 Å². The van der Waals surface area contributed by atoms with E-state index in [0.29, 0.717) is 11.7 Å². The summed E-state index contributed by atoms with van der Waals surface area (Å²) in [5, 5.41) is 15.6. The number of aliphatic hydroxyl groups is 1. The molecule has 0 aliphatic heterocycles. The van der Waals surface area contributed by atoms with Crippen LogP contribution in [0.25, 0.3) is 0 Å². The lowest BCUT2D eigenvalue weighted by atomic mass is 10.0.